The van der Waals surface area contributed by atoms with Gasteiger partial charge in [0.25, 0.3) is 0 Å². The van der Waals surface area contributed by atoms with Crippen LogP contribution in [0, 0.1) is 5.92 Å². The molecule has 1 aliphatic rings. The van der Waals surface area contributed by atoms with Crippen molar-refractivity contribution in [1.29, 1.82) is 0 Å². The summed E-state index contributed by atoms with van der Waals surface area (Å²) in [6.07, 6.45) is 2.25. The van der Waals surface area contributed by atoms with Crippen LogP contribution in [0.15, 0.2) is 60.7 Å². The Morgan fingerprint density at radius 1 is 1.00 bits per heavy atom. The number of thioether (sulfide) groups is 1. The molecule has 0 aliphatic carbocycles. The average Bonchev–Trinajstić information content (AvgIpc) is 2.81. The van der Waals surface area contributed by atoms with Gasteiger partial charge < -0.3 is 14.4 Å². The monoisotopic (exact) mass is 427 g/mol. The SMILES string of the molecule is COC(=O)C(CSC1CCN(C(=O)OCc2ccccc2)CC1)Cc1ccccc1. The number of rotatable bonds is 8. The van der Waals surface area contributed by atoms with E-state index in [1.807, 2.05) is 72.4 Å². The van der Waals surface area contributed by atoms with Crippen LogP contribution in [-0.2, 0) is 27.3 Å². The second-order valence-electron chi connectivity index (χ2n) is 7.47. The Morgan fingerprint density at radius 2 is 1.60 bits per heavy atom. The van der Waals surface area contributed by atoms with Crippen molar-refractivity contribution < 1.29 is 19.1 Å². The minimum Gasteiger partial charge on any atom is -0.469 e. The van der Waals surface area contributed by atoms with Crippen LogP contribution in [0.2, 0.25) is 0 Å². The maximum absolute atomic E-state index is 12.3. The van der Waals surface area contributed by atoms with Crippen molar-refractivity contribution in [3.63, 3.8) is 0 Å². The molecule has 3 rings (SSSR count). The zero-order valence-electron chi connectivity index (χ0n) is 17.4. The van der Waals surface area contributed by atoms with E-state index in [0.717, 1.165) is 29.7 Å². The van der Waals surface area contributed by atoms with Crippen molar-refractivity contribution in [2.45, 2.75) is 31.1 Å². The van der Waals surface area contributed by atoms with Crippen molar-refractivity contribution >= 4 is 23.8 Å². The second kappa shape index (κ2) is 11.6. The molecule has 5 nitrogen and oxygen atoms in total. The largest absolute Gasteiger partial charge is 0.469 e. The van der Waals surface area contributed by atoms with Crippen molar-refractivity contribution in [1.82, 2.24) is 4.90 Å². The number of amides is 1. The summed E-state index contributed by atoms with van der Waals surface area (Å²) in [5.41, 5.74) is 2.13. The Morgan fingerprint density at radius 3 is 2.20 bits per heavy atom. The molecule has 1 atom stereocenters. The number of ether oxygens (including phenoxy) is 2. The minimum atomic E-state index is -0.251. The maximum Gasteiger partial charge on any atom is 0.410 e. The predicted molar refractivity (Wildman–Crippen MR) is 119 cm³/mol. The van der Waals surface area contributed by atoms with E-state index in [9.17, 15) is 9.59 Å². The van der Waals surface area contributed by atoms with Crippen molar-refractivity contribution in [2.24, 2.45) is 5.92 Å². The fraction of sp³-hybridized carbons (Fsp3) is 0.417. The molecule has 1 aliphatic heterocycles. The van der Waals surface area contributed by atoms with E-state index in [1.54, 1.807) is 4.90 Å². The molecule has 0 saturated carbocycles. The number of piperidine rings is 1. The lowest BCUT2D eigenvalue weighted by atomic mass is 10.0. The van der Waals surface area contributed by atoms with E-state index in [0.29, 0.717) is 31.4 Å². The lowest BCUT2D eigenvalue weighted by Crippen LogP contribution is -2.39. The number of nitrogens with zero attached hydrogens (tertiary/aromatic N) is 1. The molecule has 0 radical (unpaired) electrons. The van der Waals surface area contributed by atoms with Crippen LogP contribution in [0.25, 0.3) is 0 Å². The molecule has 2 aromatic rings. The number of methoxy groups -OCH3 is 1. The fourth-order valence-corrected chi connectivity index (χ4v) is 4.85. The third kappa shape index (κ3) is 6.80. The molecule has 0 spiro atoms. The van der Waals surface area contributed by atoms with E-state index in [-0.39, 0.29) is 18.0 Å². The van der Waals surface area contributed by atoms with Gasteiger partial charge in [0.1, 0.15) is 6.61 Å². The topological polar surface area (TPSA) is 55.8 Å². The molecule has 6 heteroatoms. The van der Waals surface area contributed by atoms with Gasteiger partial charge in [-0.15, -0.1) is 0 Å². The molecule has 1 fully saturated rings. The lowest BCUT2D eigenvalue weighted by molar-refractivity contribution is -0.144. The highest BCUT2D eigenvalue weighted by molar-refractivity contribution is 7.99. The normalized spacial score (nSPS) is 15.4. The molecule has 1 amide bonds. The van der Waals surface area contributed by atoms with Gasteiger partial charge in [0.2, 0.25) is 0 Å². The first-order valence-corrected chi connectivity index (χ1v) is 11.4. The summed E-state index contributed by atoms with van der Waals surface area (Å²) in [4.78, 5) is 26.3. The van der Waals surface area contributed by atoms with Gasteiger partial charge in [-0.2, -0.15) is 11.8 Å². The summed E-state index contributed by atoms with van der Waals surface area (Å²) >= 11 is 1.81. The molecule has 1 unspecified atom stereocenters. The second-order valence-corrected chi connectivity index (χ2v) is 8.80. The molecule has 2 aromatic carbocycles. The van der Waals surface area contributed by atoms with Crippen LogP contribution < -0.4 is 0 Å². The third-order valence-electron chi connectivity index (χ3n) is 5.30. The number of carbonyl (C=O) groups is 2. The molecular weight excluding hydrogens is 398 g/mol. The Labute approximate surface area is 182 Å². The van der Waals surface area contributed by atoms with E-state index >= 15 is 0 Å². The van der Waals surface area contributed by atoms with E-state index < -0.39 is 0 Å². The minimum absolute atomic E-state index is 0.156. The highest BCUT2D eigenvalue weighted by Crippen LogP contribution is 2.27. The summed E-state index contributed by atoms with van der Waals surface area (Å²) in [6.45, 7) is 1.67. The van der Waals surface area contributed by atoms with Crippen LogP contribution in [-0.4, -0.2) is 48.2 Å². The van der Waals surface area contributed by atoms with Gasteiger partial charge in [-0.05, 0) is 30.4 Å². The number of hydrogen-bond acceptors (Lipinski definition) is 5. The first-order chi connectivity index (χ1) is 14.7. The number of likely N-dealkylation sites (tertiary alicyclic amines) is 1. The van der Waals surface area contributed by atoms with Crippen molar-refractivity contribution in [3.8, 4) is 0 Å². The van der Waals surface area contributed by atoms with E-state index in [1.165, 1.54) is 7.11 Å². The summed E-state index contributed by atoms with van der Waals surface area (Å²) in [6, 6.07) is 19.7. The van der Waals surface area contributed by atoms with Gasteiger partial charge >= 0.3 is 12.1 Å². The summed E-state index contributed by atoms with van der Waals surface area (Å²) in [7, 11) is 1.45. The van der Waals surface area contributed by atoms with Crippen LogP contribution in [0.5, 0.6) is 0 Å². The van der Waals surface area contributed by atoms with Gasteiger partial charge in [0.05, 0.1) is 13.0 Å². The molecule has 0 N–H and O–H groups in total. The summed E-state index contributed by atoms with van der Waals surface area (Å²) in [5, 5.41) is 0.436. The average molecular weight is 428 g/mol. The zero-order valence-corrected chi connectivity index (χ0v) is 18.2. The van der Waals surface area contributed by atoms with E-state index in [4.69, 9.17) is 9.47 Å². The van der Waals surface area contributed by atoms with E-state index in [2.05, 4.69) is 0 Å². The van der Waals surface area contributed by atoms with Crippen LogP contribution >= 0.6 is 11.8 Å². The van der Waals surface area contributed by atoms with Crippen LogP contribution in [0.3, 0.4) is 0 Å². The highest BCUT2D eigenvalue weighted by atomic mass is 32.2. The molecule has 0 aromatic heterocycles. The molecule has 30 heavy (non-hydrogen) atoms. The molecule has 160 valence electrons. The quantitative estimate of drug-likeness (QED) is 0.579. The summed E-state index contributed by atoms with van der Waals surface area (Å²) in [5.74, 6) is 0.412. The van der Waals surface area contributed by atoms with Gasteiger partial charge in [-0.25, -0.2) is 4.79 Å². The first kappa shape index (κ1) is 22.2. The molecule has 1 heterocycles. The van der Waals surface area contributed by atoms with Gasteiger partial charge in [0.15, 0.2) is 0 Å². The number of benzene rings is 2. The number of carbonyl (C=O) groups excluding carboxylic acids is 2. The maximum atomic E-state index is 12.3. The first-order valence-electron chi connectivity index (χ1n) is 10.3. The zero-order chi connectivity index (χ0) is 21.2. The molecular formula is C24H29NO4S. The summed E-state index contributed by atoms with van der Waals surface area (Å²) < 4.78 is 10.4. The van der Waals surface area contributed by atoms with Crippen molar-refractivity contribution in [3.05, 3.63) is 71.8 Å². The lowest BCUT2D eigenvalue weighted by Gasteiger charge is -2.31. The van der Waals surface area contributed by atoms with Crippen molar-refractivity contribution in [2.75, 3.05) is 26.0 Å². The van der Waals surface area contributed by atoms with Gasteiger partial charge in [0, 0.05) is 24.1 Å². The van der Waals surface area contributed by atoms with Crippen LogP contribution in [0.1, 0.15) is 24.0 Å². The Hall–Kier alpha value is -2.47. The smallest absolute Gasteiger partial charge is 0.410 e. The number of hydrogen-bond donors (Lipinski definition) is 0. The number of esters is 1. The Kier molecular flexibility index (Phi) is 8.63. The van der Waals surface area contributed by atoms with Crippen LogP contribution in [0.4, 0.5) is 4.79 Å². The Balaban J connectivity index is 1.41. The fourth-order valence-electron chi connectivity index (χ4n) is 3.54. The Bertz CT molecular complexity index is 791. The standard InChI is InChI=1S/C24H29NO4S/c1-28-23(26)21(16-19-8-4-2-5-9-19)18-30-22-12-14-25(15-13-22)24(27)29-17-20-10-6-3-7-11-20/h2-11,21-22H,12-18H2,1H3. The van der Waals surface area contributed by atoms with Gasteiger partial charge in [-0.1, -0.05) is 60.7 Å². The highest BCUT2D eigenvalue weighted by Gasteiger charge is 2.27. The van der Waals surface area contributed by atoms with Gasteiger partial charge in [-0.3, -0.25) is 4.79 Å². The molecule has 0 bridgehead atoms. The molecule has 1 saturated heterocycles. The predicted octanol–water partition coefficient (Wildman–Crippen LogP) is 4.55. The third-order valence-corrected chi connectivity index (χ3v) is 6.84.